The van der Waals surface area contributed by atoms with E-state index in [4.69, 9.17) is 4.74 Å². The summed E-state index contributed by atoms with van der Waals surface area (Å²) in [5, 5.41) is 23.2. The summed E-state index contributed by atoms with van der Waals surface area (Å²) in [5.41, 5.74) is 0. The fourth-order valence-corrected chi connectivity index (χ4v) is 10.6. The number of aliphatic hydroxyl groups is 2. The van der Waals surface area contributed by atoms with Crippen molar-refractivity contribution in [2.75, 3.05) is 13.2 Å². The van der Waals surface area contributed by atoms with Crippen molar-refractivity contribution in [1.29, 1.82) is 0 Å². The Morgan fingerprint density at radius 2 is 0.618 bits per heavy atom. The zero-order valence-electron chi connectivity index (χ0n) is 51.3. The molecular formula is C70H133NO5. The summed E-state index contributed by atoms with van der Waals surface area (Å²) in [5.74, 6) is -0.0625. The highest BCUT2D eigenvalue weighted by atomic mass is 16.5. The predicted octanol–water partition coefficient (Wildman–Crippen LogP) is 21.9. The molecule has 2 atom stereocenters. The van der Waals surface area contributed by atoms with Gasteiger partial charge in [-0.25, -0.2) is 0 Å². The van der Waals surface area contributed by atoms with Gasteiger partial charge in [0.1, 0.15) is 0 Å². The van der Waals surface area contributed by atoms with E-state index >= 15 is 0 Å². The summed E-state index contributed by atoms with van der Waals surface area (Å²) in [4.78, 5) is 24.6. The number of amides is 1. The lowest BCUT2D eigenvalue weighted by Gasteiger charge is -2.20. The van der Waals surface area contributed by atoms with Crippen molar-refractivity contribution in [2.24, 2.45) is 0 Å². The van der Waals surface area contributed by atoms with Crippen molar-refractivity contribution in [1.82, 2.24) is 5.32 Å². The first-order chi connectivity index (χ1) is 37.5. The highest BCUT2D eigenvalue weighted by molar-refractivity contribution is 5.76. The van der Waals surface area contributed by atoms with Gasteiger partial charge in [0, 0.05) is 12.8 Å². The maximum absolute atomic E-state index is 12.5. The number of ether oxygens (including phenoxy) is 1. The molecule has 0 saturated heterocycles. The van der Waals surface area contributed by atoms with E-state index in [0.717, 1.165) is 44.9 Å². The van der Waals surface area contributed by atoms with Crippen LogP contribution in [0.5, 0.6) is 0 Å². The van der Waals surface area contributed by atoms with Crippen LogP contribution in [0.25, 0.3) is 0 Å². The van der Waals surface area contributed by atoms with Gasteiger partial charge in [0.05, 0.1) is 25.4 Å². The molecule has 3 N–H and O–H groups in total. The van der Waals surface area contributed by atoms with Gasteiger partial charge < -0.3 is 20.3 Å². The minimum absolute atomic E-state index is 0.00600. The van der Waals surface area contributed by atoms with Crippen molar-refractivity contribution in [3.8, 4) is 0 Å². The highest BCUT2D eigenvalue weighted by Gasteiger charge is 2.18. The molecule has 76 heavy (non-hydrogen) atoms. The van der Waals surface area contributed by atoms with Gasteiger partial charge >= 0.3 is 5.97 Å². The third kappa shape index (κ3) is 61.3. The van der Waals surface area contributed by atoms with E-state index in [9.17, 15) is 19.8 Å². The lowest BCUT2D eigenvalue weighted by Crippen LogP contribution is -2.45. The summed E-state index contributed by atoms with van der Waals surface area (Å²) >= 11 is 0. The van der Waals surface area contributed by atoms with Crippen LogP contribution in [-0.2, 0) is 14.3 Å². The van der Waals surface area contributed by atoms with E-state index < -0.39 is 12.1 Å². The van der Waals surface area contributed by atoms with Crippen LogP contribution in [0.15, 0.2) is 36.5 Å². The van der Waals surface area contributed by atoms with Gasteiger partial charge in [-0.1, -0.05) is 314 Å². The lowest BCUT2D eigenvalue weighted by molar-refractivity contribution is -0.143. The molecule has 6 heteroatoms. The first-order valence-corrected chi connectivity index (χ1v) is 34.3. The fourth-order valence-electron chi connectivity index (χ4n) is 10.6. The Labute approximate surface area is 474 Å². The van der Waals surface area contributed by atoms with Gasteiger partial charge in [0.15, 0.2) is 0 Å². The Kier molecular flexibility index (Phi) is 63.9. The van der Waals surface area contributed by atoms with Gasteiger partial charge in [-0.2, -0.15) is 0 Å². The summed E-state index contributed by atoms with van der Waals surface area (Å²) < 4.78 is 5.49. The molecule has 0 aromatic rings. The Morgan fingerprint density at radius 3 is 0.934 bits per heavy atom. The maximum atomic E-state index is 12.5. The summed E-state index contributed by atoms with van der Waals surface area (Å²) in [6.45, 7) is 4.92. The van der Waals surface area contributed by atoms with E-state index in [0.29, 0.717) is 19.4 Å². The van der Waals surface area contributed by atoms with Crippen LogP contribution in [0.1, 0.15) is 373 Å². The first kappa shape index (κ1) is 74.1. The fraction of sp³-hybridized carbons (Fsp3) is 0.886. The monoisotopic (exact) mass is 1070 g/mol. The van der Waals surface area contributed by atoms with Gasteiger partial charge in [-0.05, 0) is 83.5 Å². The standard InChI is InChI=1S/C70H133NO5/c1-3-5-7-9-11-13-15-17-19-21-31-34-38-42-46-50-54-58-62-68(73)67(66-72)71-69(74)63-59-55-51-47-43-39-35-32-29-27-25-23-22-24-26-28-30-33-37-41-45-49-53-57-61-65-76-70(75)64-60-56-52-48-44-40-36-20-18-16-14-12-10-8-6-4-2/h20,23,25,36,58,62,67-68,72-73H,3-19,21-22,24,26-35,37-57,59-61,63-66H2,1-2H3,(H,71,74)/b25-23-,36-20-,62-58+. The predicted molar refractivity (Wildman–Crippen MR) is 333 cm³/mol. The average molecular weight is 1070 g/mol. The van der Waals surface area contributed by atoms with Crippen LogP contribution in [0, 0.1) is 0 Å². The molecule has 0 fully saturated rings. The molecule has 0 bridgehead atoms. The SMILES string of the molecule is CCCCCCCCC/C=C\CCCCCCCC(=O)OCCCCCCCCCCCCCC/C=C\CCCCCCCCCCCC(=O)NC(CO)C(O)/C=C/CCCCCCCCCCCCCCCCCC. The number of hydrogen-bond donors (Lipinski definition) is 3. The minimum Gasteiger partial charge on any atom is -0.466 e. The van der Waals surface area contributed by atoms with Gasteiger partial charge in [0.25, 0.3) is 0 Å². The smallest absolute Gasteiger partial charge is 0.305 e. The number of hydrogen-bond acceptors (Lipinski definition) is 5. The first-order valence-electron chi connectivity index (χ1n) is 34.3. The average Bonchev–Trinajstić information content (AvgIpc) is 3.42. The molecular weight excluding hydrogens is 935 g/mol. The molecule has 448 valence electrons. The third-order valence-electron chi connectivity index (χ3n) is 15.9. The zero-order valence-corrected chi connectivity index (χ0v) is 51.3. The van der Waals surface area contributed by atoms with Crippen molar-refractivity contribution >= 4 is 11.9 Å². The Morgan fingerprint density at radius 1 is 0.355 bits per heavy atom. The van der Waals surface area contributed by atoms with Crippen molar-refractivity contribution in [3.63, 3.8) is 0 Å². The van der Waals surface area contributed by atoms with Crippen LogP contribution >= 0.6 is 0 Å². The third-order valence-corrected chi connectivity index (χ3v) is 15.9. The number of aliphatic hydroxyl groups excluding tert-OH is 2. The number of carbonyl (C=O) groups excluding carboxylic acids is 2. The van der Waals surface area contributed by atoms with Crippen LogP contribution in [-0.4, -0.2) is 47.4 Å². The molecule has 0 aromatic carbocycles. The highest BCUT2D eigenvalue weighted by Crippen LogP contribution is 2.18. The van der Waals surface area contributed by atoms with Crippen LogP contribution in [0.3, 0.4) is 0 Å². The second-order valence-electron chi connectivity index (χ2n) is 23.5. The van der Waals surface area contributed by atoms with E-state index in [1.807, 2.05) is 6.08 Å². The summed E-state index contributed by atoms with van der Waals surface area (Å²) in [6.07, 6.45) is 83.5. The van der Waals surface area contributed by atoms with E-state index in [1.54, 1.807) is 6.08 Å². The molecule has 0 heterocycles. The second kappa shape index (κ2) is 65.6. The quantitative estimate of drug-likeness (QED) is 0.0320. The topological polar surface area (TPSA) is 95.9 Å². The molecule has 0 spiro atoms. The molecule has 0 saturated carbocycles. The largest absolute Gasteiger partial charge is 0.466 e. The van der Waals surface area contributed by atoms with E-state index in [2.05, 4.69) is 43.5 Å². The molecule has 0 rings (SSSR count). The Bertz CT molecular complexity index is 1230. The van der Waals surface area contributed by atoms with Gasteiger partial charge in [-0.3, -0.25) is 9.59 Å². The summed E-state index contributed by atoms with van der Waals surface area (Å²) in [7, 11) is 0. The van der Waals surface area contributed by atoms with E-state index in [-0.39, 0.29) is 18.5 Å². The molecule has 2 unspecified atom stereocenters. The normalized spacial score (nSPS) is 12.7. The molecule has 0 aliphatic heterocycles. The maximum Gasteiger partial charge on any atom is 0.305 e. The second-order valence-corrected chi connectivity index (χ2v) is 23.5. The number of unbranched alkanes of at least 4 members (excludes halogenated alkanes) is 49. The Balaban J connectivity index is 3.42. The van der Waals surface area contributed by atoms with E-state index in [1.165, 1.54) is 302 Å². The van der Waals surface area contributed by atoms with Crippen molar-refractivity contribution in [2.45, 2.75) is 386 Å². The number of carbonyl (C=O) groups is 2. The molecule has 1 amide bonds. The molecule has 0 radical (unpaired) electrons. The van der Waals surface area contributed by atoms with Crippen molar-refractivity contribution < 1.29 is 24.5 Å². The van der Waals surface area contributed by atoms with Crippen LogP contribution in [0.4, 0.5) is 0 Å². The Hall–Kier alpha value is -1.92. The zero-order chi connectivity index (χ0) is 55.0. The minimum atomic E-state index is -0.847. The van der Waals surface area contributed by atoms with Crippen LogP contribution < -0.4 is 5.32 Å². The van der Waals surface area contributed by atoms with Crippen LogP contribution in [0.2, 0.25) is 0 Å². The number of nitrogens with one attached hydrogen (secondary N) is 1. The van der Waals surface area contributed by atoms with Gasteiger partial charge in [-0.15, -0.1) is 0 Å². The molecule has 0 aliphatic carbocycles. The van der Waals surface area contributed by atoms with Gasteiger partial charge in [0.2, 0.25) is 5.91 Å². The number of esters is 1. The molecule has 6 nitrogen and oxygen atoms in total. The lowest BCUT2D eigenvalue weighted by atomic mass is 10.0. The summed E-state index contributed by atoms with van der Waals surface area (Å²) in [6, 6.07) is -0.631. The number of rotatable bonds is 64. The molecule has 0 aliphatic rings. The molecule has 0 aromatic heterocycles. The number of allylic oxidation sites excluding steroid dienone is 5. The van der Waals surface area contributed by atoms with Crippen molar-refractivity contribution in [3.05, 3.63) is 36.5 Å².